The molecule has 0 radical (unpaired) electrons. The summed E-state index contributed by atoms with van der Waals surface area (Å²) in [5.41, 5.74) is 0. The first-order valence-electron chi connectivity index (χ1n) is 7.90. The number of nitrogens with zero attached hydrogens (tertiary/aromatic N) is 1. The summed E-state index contributed by atoms with van der Waals surface area (Å²) in [4.78, 5) is 13.7. The molecule has 2 atom stereocenters. The predicted octanol–water partition coefficient (Wildman–Crippen LogP) is 2.09. The summed E-state index contributed by atoms with van der Waals surface area (Å²) >= 11 is 0. The molecular formula is C15H28N2O2. The van der Waals surface area contributed by atoms with Gasteiger partial charge in [-0.25, -0.2) is 0 Å². The van der Waals surface area contributed by atoms with Gasteiger partial charge >= 0.3 is 5.97 Å². The van der Waals surface area contributed by atoms with Crippen LogP contribution in [0, 0.1) is 5.92 Å². The molecule has 2 unspecified atom stereocenters. The standard InChI is InChI=1S/C15H28N2O2/c1-2-12-4-3-9-17(10-7-12)11-8-14(15(18)19)16-13-5-6-13/h12-14,16H,2-11H2,1H3,(H,18,19). The zero-order valence-corrected chi connectivity index (χ0v) is 12.1. The van der Waals surface area contributed by atoms with Crippen molar-refractivity contribution in [3.8, 4) is 0 Å². The molecule has 2 N–H and O–H groups in total. The number of likely N-dealkylation sites (tertiary alicyclic amines) is 1. The van der Waals surface area contributed by atoms with E-state index >= 15 is 0 Å². The van der Waals surface area contributed by atoms with E-state index in [0.717, 1.165) is 44.8 Å². The number of carboxylic acids is 1. The zero-order chi connectivity index (χ0) is 13.7. The Morgan fingerprint density at radius 1 is 1.32 bits per heavy atom. The summed E-state index contributed by atoms with van der Waals surface area (Å²) in [7, 11) is 0. The highest BCUT2D eigenvalue weighted by Gasteiger charge is 2.28. The number of aliphatic carboxylic acids is 1. The van der Waals surface area contributed by atoms with E-state index in [0.29, 0.717) is 6.04 Å². The van der Waals surface area contributed by atoms with Crippen molar-refractivity contribution in [1.29, 1.82) is 0 Å². The normalized spacial score (nSPS) is 26.9. The smallest absolute Gasteiger partial charge is 0.320 e. The van der Waals surface area contributed by atoms with Crippen LogP contribution in [0.25, 0.3) is 0 Å². The van der Waals surface area contributed by atoms with Crippen LogP contribution in [-0.4, -0.2) is 47.7 Å². The second kappa shape index (κ2) is 7.25. The minimum Gasteiger partial charge on any atom is -0.480 e. The molecule has 0 amide bonds. The van der Waals surface area contributed by atoms with E-state index in [2.05, 4.69) is 17.1 Å². The van der Waals surface area contributed by atoms with Gasteiger partial charge in [-0.1, -0.05) is 13.3 Å². The molecule has 0 aromatic carbocycles. The minimum atomic E-state index is -0.687. The molecule has 1 saturated heterocycles. The molecule has 4 nitrogen and oxygen atoms in total. The van der Waals surface area contributed by atoms with Crippen LogP contribution in [-0.2, 0) is 4.79 Å². The lowest BCUT2D eigenvalue weighted by molar-refractivity contribution is -0.139. The highest BCUT2D eigenvalue weighted by Crippen LogP contribution is 2.22. The fourth-order valence-electron chi connectivity index (χ4n) is 2.98. The summed E-state index contributed by atoms with van der Waals surface area (Å²) in [6.07, 6.45) is 8.21. The maximum absolute atomic E-state index is 11.2. The highest BCUT2D eigenvalue weighted by molar-refractivity contribution is 5.73. The zero-order valence-electron chi connectivity index (χ0n) is 12.1. The SMILES string of the molecule is CCC1CCCN(CCC(NC2CC2)C(=O)O)CC1. The third-order valence-electron chi connectivity index (χ3n) is 4.56. The van der Waals surface area contributed by atoms with Crippen LogP contribution in [0.2, 0.25) is 0 Å². The van der Waals surface area contributed by atoms with Gasteiger partial charge in [0.1, 0.15) is 6.04 Å². The van der Waals surface area contributed by atoms with Crippen LogP contribution in [0.3, 0.4) is 0 Å². The molecule has 110 valence electrons. The average molecular weight is 268 g/mol. The van der Waals surface area contributed by atoms with Gasteiger partial charge in [0.05, 0.1) is 0 Å². The Hall–Kier alpha value is -0.610. The van der Waals surface area contributed by atoms with Crippen LogP contribution < -0.4 is 5.32 Å². The molecule has 1 aliphatic carbocycles. The van der Waals surface area contributed by atoms with Crippen LogP contribution in [0.4, 0.5) is 0 Å². The molecule has 1 aliphatic heterocycles. The molecule has 2 rings (SSSR count). The Bertz CT molecular complexity index is 292. The second-order valence-corrected chi connectivity index (χ2v) is 6.17. The highest BCUT2D eigenvalue weighted by atomic mass is 16.4. The molecule has 2 aliphatic rings. The van der Waals surface area contributed by atoms with Gasteiger partial charge in [-0.3, -0.25) is 4.79 Å². The molecule has 19 heavy (non-hydrogen) atoms. The van der Waals surface area contributed by atoms with Gasteiger partial charge in [-0.05, 0) is 57.5 Å². The average Bonchev–Trinajstić information content (AvgIpc) is 3.21. The third kappa shape index (κ3) is 5.11. The van der Waals surface area contributed by atoms with Crippen molar-refractivity contribution in [2.75, 3.05) is 19.6 Å². The van der Waals surface area contributed by atoms with Crippen molar-refractivity contribution in [1.82, 2.24) is 10.2 Å². The molecular weight excluding hydrogens is 240 g/mol. The van der Waals surface area contributed by atoms with Crippen molar-refractivity contribution in [3.05, 3.63) is 0 Å². The molecule has 1 heterocycles. The molecule has 0 spiro atoms. The van der Waals surface area contributed by atoms with Gasteiger partial charge in [0, 0.05) is 12.6 Å². The second-order valence-electron chi connectivity index (χ2n) is 6.17. The van der Waals surface area contributed by atoms with Gasteiger partial charge in [0.15, 0.2) is 0 Å². The van der Waals surface area contributed by atoms with E-state index in [1.807, 2.05) is 0 Å². The summed E-state index contributed by atoms with van der Waals surface area (Å²) < 4.78 is 0. The molecule has 0 bridgehead atoms. The first-order chi connectivity index (χ1) is 9.19. The van der Waals surface area contributed by atoms with Gasteiger partial charge in [0.2, 0.25) is 0 Å². The largest absolute Gasteiger partial charge is 0.480 e. The molecule has 4 heteroatoms. The van der Waals surface area contributed by atoms with E-state index in [-0.39, 0.29) is 6.04 Å². The van der Waals surface area contributed by atoms with Crippen LogP contribution >= 0.6 is 0 Å². The fourth-order valence-corrected chi connectivity index (χ4v) is 2.98. The number of hydrogen-bond donors (Lipinski definition) is 2. The number of carboxylic acid groups (broad SMARTS) is 1. The Morgan fingerprint density at radius 3 is 2.74 bits per heavy atom. The van der Waals surface area contributed by atoms with Crippen molar-refractivity contribution >= 4 is 5.97 Å². The van der Waals surface area contributed by atoms with Gasteiger partial charge in [-0.2, -0.15) is 0 Å². The Balaban J connectivity index is 1.71. The Morgan fingerprint density at radius 2 is 2.11 bits per heavy atom. The van der Waals surface area contributed by atoms with Gasteiger partial charge in [0.25, 0.3) is 0 Å². The molecule has 2 fully saturated rings. The number of hydrogen-bond acceptors (Lipinski definition) is 3. The van der Waals surface area contributed by atoms with Crippen LogP contribution in [0.1, 0.15) is 51.9 Å². The van der Waals surface area contributed by atoms with E-state index < -0.39 is 5.97 Å². The fraction of sp³-hybridized carbons (Fsp3) is 0.933. The quantitative estimate of drug-likeness (QED) is 0.742. The Kier molecular flexibility index (Phi) is 5.64. The van der Waals surface area contributed by atoms with Crippen molar-refractivity contribution < 1.29 is 9.90 Å². The summed E-state index contributed by atoms with van der Waals surface area (Å²) in [6.45, 7) is 5.49. The van der Waals surface area contributed by atoms with Crippen molar-refractivity contribution in [2.45, 2.75) is 64.0 Å². The lowest BCUT2D eigenvalue weighted by Gasteiger charge is -2.22. The maximum atomic E-state index is 11.2. The van der Waals surface area contributed by atoms with Crippen LogP contribution in [0.15, 0.2) is 0 Å². The lowest BCUT2D eigenvalue weighted by atomic mass is 9.98. The third-order valence-corrected chi connectivity index (χ3v) is 4.56. The summed E-state index contributed by atoms with van der Waals surface area (Å²) in [6, 6.07) is 0.118. The van der Waals surface area contributed by atoms with E-state index in [1.54, 1.807) is 0 Å². The monoisotopic (exact) mass is 268 g/mol. The van der Waals surface area contributed by atoms with Gasteiger partial charge in [-0.15, -0.1) is 0 Å². The Labute approximate surface area is 116 Å². The number of carbonyl (C=O) groups is 1. The summed E-state index contributed by atoms with van der Waals surface area (Å²) in [5.74, 6) is 0.193. The summed E-state index contributed by atoms with van der Waals surface area (Å²) in [5, 5.41) is 12.5. The lowest BCUT2D eigenvalue weighted by Crippen LogP contribution is -2.41. The van der Waals surface area contributed by atoms with E-state index in [1.165, 1.54) is 25.7 Å². The number of rotatable bonds is 7. The van der Waals surface area contributed by atoms with E-state index in [4.69, 9.17) is 0 Å². The molecule has 0 aromatic heterocycles. The van der Waals surface area contributed by atoms with Crippen LogP contribution in [0.5, 0.6) is 0 Å². The molecule has 1 saturated carbocycles. The maximum Gasteiger partial charge on any atom is 0.320 e. The van der Waals surface area contributed by atoms with Crippen molar-refractivity contribution in [3.63, 3.8) is 0 Å². The first kappa shape index (κ1) is 14.8. The topological polar surface area (TPSA) is 52.6 Å². The minimum absolute atomic E-state index is 0.349. The van der Waals surface area contributed by atoms with Crippen molar-refractivity contribution in [2.24, 2.45) is 5.92 Å². The van der Waals surface area contributed by atoms with Gasteiger partial charge < -0.3 is 15.3 Å². The van der Waals surface area contributed by atoms with E-state index in [9.17, 15) is 9.90 Å². The predicted molar refractivity (Wildman–Crippen MR) is 76.3 cm³/mol. The number of nitrogens with one attached hydrogen (secondary N) is 1. The molecule has 0 aromatic rings. The first-order valence-corrected chi connectivity index (χ1v) is 7.90.